The number of nitrogens with zero attached hydrogens (tertiary/aromatic N) is 6. The Morgan fingerprint density at radius 1 is 1.23 bits per heavy atom. The standard InChI is InChI=1S/C24H24N8O3/c1-15-12-22(30-29-15)27-21-13-16(8-9-23(33)34-2)26-24(28-21)32-11-5-7-19(32)20-14-18(31-35-20)17-6-3-4-10-25-17/h3-4,6,8-10,12-14,19H,5,7,11H2,1-2H3,(H2,26,27,28,29,30)/t19-/m0/s1. The van der Waals surface area contributed by atoms with E-state index in [-0.39, 0.29) is 6.04 Å². The number of hydrogen-bond donors (Lipinski definition) is 2. The van der Waals surface area contributed by atoms with Crippen LogP contribution in [0.25, 0.3) is 17.5 Å². The van der Waals surface area contributed by atoms with Crippen molar-refractivity contribution in [2.75, 3.05) is 23.9 Å². The summed E-state index contributed by atoms with van der Waals surface area (Å²) in [6.07, 6.45) is 6.45. The minimum absolute atomic E-state index is 0.0831. The fourth-order valence-electron chi connectivity index (χ4n) is 3.95. The Hall–Kier alpha value is -4.54. The van der Waals surface area contributed by atoms with Gasteiger partial charge in [-0.25, -0.2) is 9.78 Å². The molecule has 178 valence electrons. The van der Waals surface area contributed by atoms with Crippen molar-refractivity contribution in [2.24, 2.45) is 0 Å². The van der Waals surface area contributed by atoms with Crippen molar-refractivity contribution in [3.05, 3.63) is 65.8 Å². The summed E-state index contributed by atoms with van der Waals surface area (Å²) in [5, 5.41) is 14.5. The third-order valence-electron chi connectivity index (χ3n) is 5.58. The Labute approximate surface area is 201 Å². The number of nitrogens with one attached hydrogen (secondary N) is 2. The first kappa shape index (κ1) is 22.3. The zero-order valence-corrected chi connectivity index (χ0v) is 19.3. The molecule has 0 bridgehead atoms. The monoisotopic (exact) mass is 472 g/mol. The number of carbonyl (C=O) groups excluding carboxylic acids is 1. The van der Waals surface area contributed by atoms with Crippen LogP contribution in [0, 0.1) is 6.92 Å². The van der Waals surface area contributed by atoms with Crippen LogP contribution in [0.4, 0.5) is 17.6 Å². The highest BCUT2D eigenvalue weighted by Crippen LogP contribution is 2.36. The smallest absolute Gasteiger partial charge is 0.330 e. The fourth-order valence-corrected chi connectivity index (χ4v) is 3.95. The summed E-state index contributed by atoms with van der Waals surface area (Å²) in [6.45, 7) is 2.66. The normalized spacial score (nSPS) is 15.6. The van der Waals surface area contributed by atoms with E-state index in [1.807, 2.05) is 37.3 Å². The van der Waals surface area contributed by atoms with E-state index in [1.54, 1.807) is 18.3 Å². The first-order valence-electron chi connectivity index (χ1n) is 11.2. The summed E-state index contributed by atoms with van der Waals surface area (Å²) in [7, 11) is 1.33. The van der Waals surface area contributed by atoms with Gasteiger partial charge in [0.1, 0.15) is 11.5 Å². The molecule has 4 aromatic rings. The number of aryl methyl sites for hydroxylation is 1. The summed E-state index contributed by atoms with van der Waals surface area (Å²) < 4.78 is 10.4. The topological polar surface area (TPSA) is 135 Å². The molecule has 1 saturated heterocycles. The third-order valence-corrected chi connectivity index (χ3v) is 5.58. The molecule has 1 aliphatic rings. The summed E-state index contributed by atoms with van der Waals surface area (Å²) in [6, 6.07) is 11.1. The summed E-state index contributed by atoms with van der Waals surface area (Å²) >= 11 is 0. The van der Waals surface area contributed by atoms with E-state index >= 15 is 0 Å². The molecule has 1 fully saturated rings. The van der Waals surface area contributed by atoms with E-state index < -0.39 is 5.97 Å². The maximum atomic E-state index is 11.6. The van der Waals surface area contributed by atoms with Crippen LogP contribution in [0.1, 0.15) is 36.0 Å². The predicted octanol–water partition coefficient (Wildman–Crippen LogP) is 3.83. The van der Waals surface area contributed by atoms with Crippen LogP contribution in [-0.4, -0.2) is 49.9 Å². The molecule has 1 atom stereocenters. The molecule has 5 rings (SSSR count). The SMILES string of the molecule is COC(=O)C=Cc1cc(Nc2cc(C)[nH]n2)nc(N2CCC[C@H]2c2cc(-c3ccccn3)no2)n1. The van der Waals surface area contributed by atoms with Crippen molar-refractivity contribution in [3.63, 3.8) is 0 Å². The van der Waals surface area contributed by atoms with Gasteiger partial charge in [0.25, 0.3) is 0 Å². The van der Waals surface area contributed by atoms with Gasteiger partial charge in [0.05, 0.1) is 24.5 Å². The van der Waals surface area contributed by atoms with Crippen molar-refractivity contribution in [1.82, 2.24) is 30.3 Å². The summed E-state index contributed by atoms with van der Waals surface area (Å²) in [4.78, 5) is 27.5. The van der Waals surface area contributed by atoms with Gasteiger partial charge in [0.2, 0.25) is 5.95 Å². The van der Waals surface area contributed by atoms with Crippen LogP contribution in [0.5, 0.6) is 0 Å². The minimum atomic E-state index is -0.467. The number of rotatable bonds is 7. The van der Waals surface area contributed by atoms with E-state index in [0.717, 1.165) is 36.5 Å². The molecule has 5 heterocycles. The van der Waals surface area contributed by atoms with E-state index in [2.05, 4.69) is 35.5 Å². The number of anilines is 3. The Bertz CT molecular complexity index is 1350. The van der Waals surface area contributed by atoms with Crippen molar-refractivity contribution in [3.8, 4) is 11.4 Å². The molecular formula is C24H24N8O3. The number of aromatic nitrogens is 6. The van der Waals surface area contributed by atoms with Crippen molar-refractivity contribution >= 4 is 29.6 Å². The van der Waals surface area contributed by atoms with E-state index in [4.69, 9.17) is 14.2 Å². The lowest BCUT2D eigenvalue weighted by Crippen LogP contribution is -2.25. The maximum Gasteiger partial charge on any atom is 0.330 e. The highest BCUT2D eigenvalue weighted by atomic mass is 16.5. The van der Waals surface area contributed by atoms with Gasteiger partial charge in [0.15, 0.2) is 11.6 Å². The van der Waals surface area contributed by atoms with Gasteiger partial charge in [-0.05, 0) is 38.0 Å². The van der Waals surface area contributed by atoms with Crippen LogP contribution in [-0.2, 0) is 9.53 Å². The number of ether oxygens (including phenoxy) is 1. The number of H-pyrrole nitrogens is 1. The van der Waals surface area contributed by atoms with E-state index in [1.165, 1.54) is 13.2 Å². The highest BCUT2D eigenvalue weighted by Gasteiger charge is 2.32. The number of aromatic amines is 1. The third kappa shape index (κ3) is 5.03. The first-order valence-corrected chi connectivity index (χ1v) is 11.2. The van der Waals surface area contributed by atoms with Gasteiger partial charge in [-0.2, -0.15) is 10.1 Å². The molecule has 35 heavy (non-hydrogen) atoms. The molecule has 0 unspecified atom stereocenters. The molecule has 0 aliphatic carbocycles. The highest BCUT2D eigenvalue weighted by molar-refractivity contribution is 5.86. The number of esters is 1. The van der Waals surface area contributed by atoms with Gasteiger partial charge >= 0.3 is 5.97 Å². The summed E-state index contributed by atoms with van der Waals surface area (Å²) in [5.41, 5.74) is 2.90. The van der Waals surface area contributed by atoms with Gasteiger partial charge < -0.3 is 19.5 Å². The molecule has 0 saturated carbocycles. The molecule has 11 heteroatoms. The Balaban J connectivity index is 1.47. The van der Waals surface area contributed by atoms with E-state index in [0.29, 0.717) is 29.0 Å². The zero-order valence-electron chi connectivity index (χ0n) is 19.3. The molecule has 2 N–H and O–H groups in total. The second-order valence-electron chi connectivity index (χ2n) is 8.08. The predicted molar refractivity (Wildman–Crippen MR) is 129 cm³/mol. The molecule has 0 aromatic carbocycles. The van der Waals surface area contributed by atoms with Crippen molar-refractivity contribution < 1.29 is 14.1 Å². The minimum Gasteiger partial charge on any atom is -0.466 e. The molecule has 0 radical (unpaired) electrons. The Morgan fingerprint density at radius 2 is 2.14 bits per heavy atom. The lowest BCUT2D eigenvalue weighted by atomic mass is 10.1. The fraction of sp³-hybridized carbons (Fsp3) is 0.250. The second-order valence-corrected chi connectivity index (χ2v) is 8.08. The zero-order chi connectivity index (χ0) is 24.2. The Kier molecular flexibility index (Phi) is 6.20. The van der Waals surface area contributed by atoms with Crippen LogP contribution in [0.15, 0.2) is 53.2 Å². The molecular weight excluding hydrogens is 448 g/mol. The van der Waals surface area contributed by atoms with Crippen LogP contribution >= 0.6 is 0 Å². The number of methoxy groups -OCH3 is 1. The van der Waals surface area contributed by atoms with Crippen LogP contribution in [0.3, 0.4) is 0 Å². The first-order chi connectivity index (χ1) is 17.1. The number of pyridine rings is 1. The van der Waals surface area contributed by atoms with Crippen molar-refractivity contribution in [2.45, 2.75) is 25.8 Å². The molecule has 4 aromatic heterocycles. The maximum absolute atomic E-state index is 11.6. The molecule has 0 spiro atoms. The summed E-state index contributed by atoms with van der Waals surface area (Å²) in [5.74, 6) is 1.93. The second kappa shape index (κ2) is 9.75. The van der Waals surface area contributed by atoms with Crippen LogP contribution < -0.4 is 10.2 Å². The van der Waals surface area contributed by atoms with Gasteiger partial charge in [-0.1, -0.05) is 11.2 Å². The van der Waals surface area contributed by atoms with Gasteiger partial charge in [0, 0.05) is 42.7 Å². The quantitative estimate of drug-likeness (QED) is 0.302. The average molecular weight is 473 g/mol. The van der Waals surface area contributed by atoms with Gasteiger partial charge in [-0.3, -0.25) is 10.1 Å². The molecule has 1 aliphatic heterocycles. The van der Waals surface area contributed by atoms with Gasteiger partial charge in [-0.15, -0.1) is 0 Å². The lowest BCUT2D eigenvalue weighted by molar-refractivity contribution is -0.134. The number of hydrogen-bond acceptors (Lipinski definition) is 10. The largest absolute Gasteiger partial charge is 0.466 e. The Morgan fingerprint density at radius 3 is 2.91 bits per heavy atom. The average Bonchev–Trinajstić information content (AvgIpc) is 3.64. The number of carbonyl (C=O) groups is 1. The van der Waals surface area contributed by atoms with Crippen LogP contribution in [0.2, 0.25) is 0 Å². The molecule has 11 nitrogen and oxygen atoms in total. The molecule has 0 amide bonds. The van der Waals surface area contributed by atoms with Crippen molar-refractivity contribution in [1.29, 1.82) is 0 Å². The lowest BCUT2D eigenvalue weighted by Gasteiger charge is -2.23. The van der Waals surface area contributed by atoms with E-state index in [9.17, 15) is 4.79 Å².